The van der Waals surface area contributed by atoms with Crippen LogP contribution in [0.25, 0.3) is 0 Å². The second kappa shape index (κ2) is 5.70. The molecule has 0 aromatic heterocycles. The van der Waals surface area contributed by atoms with Crippen molar-refractivity contribution in [2.45, 2.75) is 39.2 Å². The average molecular weight is 250 g/mol. The van der Waals surface area contributed by atoms with Crippen molar-refractivity contribution in [1.82, 2.24) is 0 Å². The molecule has 1 aromatic carbocycles. The molecule has 0 amide bonds. The van der Waals surface area contributed by atoms with Crippen LogP contribution in [-0.2, 0) is 0 Å². The number of anilines is 1. The third-order valence-corrected chi connectivity index (χ3v) is 4.03. The molecule has 3 heteroatoms. The molecule has 100 valence electrons. The Morgan fingerprint density at radius 1 is 1.39 bits per heavy atom. The van der Waals surface area contributed by atoms with E-state index in [-0.39, 0.29) is 11.9 Å². The fraction of sp³-hybridized carbons (Fsp3) is 0.600. The van der Waals surface area contributed by atoms with Crippen molar-refractivity contribution in [2.24, 2.45) is 11.7 Å². The highest BCUT2D eigenvalue weighted by atomic mass is 19.1. The normalized spacial score (nSPS) is 19.0. The number of hydrogen-bond acceptors (Lipinski definition) is 2. The summed E-state index contributed by atoms with van der Waals surface area (Å²) < 4.78 is 14.1. The Kier molecular flexibility index (Phi) is 4.23. The van der Waals surface area contributed by atoms with Crippen LogP contribution in [0, 0.1) is 11.7 Å². The van der Waals surface area contributed by atoms with Crippen molar-refractivity contribution in [1.29, 1.82) is 0 Å². The highest BCUT2D eigenvalue weighted by Crippen LogP contribution is 2.28. The number of nitrogens with zero attached hydrogens (tertiary/aromatic N) is 1. The van der Waals surface area contributed by atoms with Gasteiger partial charge in [0.15, 0.2) is 0 Å². The predicted molar refractivity (Wildman–Crippen MR) is 74.2 cm³/mol. The summed E-state index contributed by atoms with van der Waals surface area (Å²) in [5, 5.41) is 0. The summed E-state index contributed by atoms with van der Waals surface area (Å²) in [6.07, 6.45) is 3.58. The molecule has 1 aromatic rings. The summed E-state index contributed by atoms with van der Waals surface area (Å²) >= 11 is 0. The van der Waals surface area contributed by atoms with Crippen molar-refractivity contribution >= 4 is 5.69 Å². The first kappa shape index (κ1) is 13.3. The largest absolute Gasteiger partial charge is 0.369 e. The van der Waals surface area contributed by atoms with Crippen molar-refractivity contribution in [2.75, 3.05) is 18.0 Å². The Morgan fingerprint density at radius 2 is 2.06 bits per heavy atom. The summed E-state index contributed by atoms with van der Waals surface area (Å²) in [5.74, 6) is 0.674. The molecule has 18 heavy (non-hydrogen) atoms. The summed E-state index contributed by atoms with van der Waals surface area (Å²) in [7, 11) is 0. The zero-order chi connectivity index (χ0) is 13.1. The van der Waals surface area contributed by atoms with Gasteiger partial charge in [0.05, 0.1) is 5.69 Å². The van der Waals surface area contributed by atoms with Gasteiger partial charge in [-0.1, -0.05) is 19.4 Å². The summed E-state index contributed by atoms with van der Waals surface area (Å²) in [5.41, 5.74) is 7.36. The zero-order valence-corrected chi connectivity index (χ0v) is 11.3. The van der Waals surface area contributed by atoms with E-state index in [2.05, 4.69) is 11.8 Å². The van der Waals surface area contributed by atoms with E-state index in [1.54, 1.807) is 6.07 Å². The first-order chi connectivity index (χ1) is 8.61. The second-order valence-corrected chi connectivity index (χ2v) is 5.34. The molecule has 2 rings (SSSR count). The molecule has 0 unspecified atom stereocenters. The zero-order valence-electron chi connectivity index (χ0n) is 11.3. The Labute approximate surface area is 109 Å². The van der Waals surface area contributed by atoms with E-state index in [9.17, 15) is 4.39 Å². The molecular weight excluding hydrogens is 227 g/mol. The minimum absolute atomic E-state index is 0.112. The summed E-state index contributed by atoms with van der Waals surface area (Å²) in [6.45, 7) is 6.04. The lowest BCUT2D eigenvalue weighted by molar-refractivity contribution is 0.392. The van der Waals surface area contributed by atoms with Crippen LogP contribution in [0.15, 0.2) is 18.2 Å². The molecule has 2 nitrogen and oxygen atoms in total. The van der Waals surface area contributed by atoms with E-state index < -0.39 is 0 Å². The van der Waals surface area contributed by atoms with E-state index in [0.717, 1.165) is 30.3 Å². The van der Waals surface area contributed by atoms with Crippen LogP contribution in [0.2, 0.25) is 0 Å². The van der Waals surface area contributed by atoms with Crippen LogP contribution in [-0.4, -0.2) is 13.1 Å². The number of piperidine rings is 1. The maximum Gasteiger partial charge on any atom is 0.146 e. The Balaban J connectivity index is 2.10. The van der Waals surface area contributed by atoms with Crippen LogP contribution in [0.4, 0.5) is 10.1 Å². The van der Waals surface area contributed by atoms with Crippen LogP contribution < -0.4 is 10.6 Å². The van der Waals surface area contributed by atoms with E-state index in [1.807, 2.05) is 19.1 Å². The van der Waals surface area contributed by atoms with Crippen molar-refractivity contribution in [3.8, 4) is 0 Å². The van der Waals surface area contributed by atoms with Gasteiger partial charge >= 0.3 is 0 Å². The Morgan fingerprint density at radius 3 is 2.56 bits per heavy atom. The van der Waals surface area contributed by atoms with E-state index >= 15 is 0 Å². The van der Waals surface area contributed by atoms with Crippen LogP contribution >= 0.6 is 0 Å². The monoisotopic (exact) mass is 250 g/mol. The minimum atomic E-state index is -0.139. The second-order valence-electron chi connectivity index (χ2n) is 5.34. The minimum Gasteiger partial charge on any atom is -0.369 e. The molecule has 0 bridgehead atoms. The quantitative estimate of drug-likeness (QED) is 0.890. The number of halogens is 1. The van der Waals surface area contributed by atoms with Gasteiger partial charge in [0.1, 0.15) is 5.82 Å². The molecule has 1 heterocycles. The third kappa shape index (κ3) is 2.83. The number of hydrogen-bond donors (Lipinski definition) is 1. The van der Waals surface area contributed by atoms with Gasteiger partial charge in [-0.25, -0.2) is 4.39 Å². The Hall–Kier alpha value is -1.09. The lowest BCUT2D eigenvalue weighted by Gasteiger charge is -2.33. The molecule has 1 saturated heterocycles. The number of nitrogens with two attached hydrogens (primary N) is 1. The maximum atomic E-state index is 14.1. The number of rotatable bonds is 3. The topological polar surface area (TPSA) is 29.3 Å². The molecule has 1 aliphatic heterocycles. The first-order valence-electron chi connectivity index (χ1n) is 6.91. The van der Waals surface area contributed by atoms with Crippen molar-refractivity contribution < 1.29 is 4.39 Å². The van der Waals surface area contributed by atoms with Gasteiger partial charge in [-0.15, -0.1) is 0 Å². The molecular formula is C15H23FN2. The molecule has 1 fully saturated rings. The van der Waals surface area contributed by atoms with Gasteiger partial charge in [-0.2, -0.15) is 0 Å². The van der Waals surface area contributed by atoms with Crippen LogP contribution in [0.5, 0.6) is 0 Å². The number of benzene rings is 1. The fourth-order valence-corrected chi connectivity index (χ4v) is 2.64. The average Bonchev–Trinajstić information content (AvgIpc) is 2.38. The van der Waals surface area contributed by atoms with Crippen molar-refractivity contribution in [3.05, 3.63) is 29.6 Å². The molecule has 1 atom stereocenters. The molecule has 0 spiro atoms. The van der Waals surface area contributed by atoms with Crippen LogP contribution in [0.1, 0.15) is 44.7 Å². The fourth-order valence-electron chi connectivity index (χ4n) is 2.64. The Bertz CT molecular complexity index is 395. The maximum absolute atomic E-state index is 14.1. The predicted octanol–water partition coefficient (Wildman–Crippen LogP) is 3.47. The van der Waals surface area contributed by atoms with Gasteiger partial charge in [0.2, 0.25) is 0 Å². The van der Waals surface area contributed by atoms with Gasteiger partial charge < -0.3 is 10.6 Å². The standard InChI is InChI=1S/C15H23FN2/c1-3-12-6-8-18(9-7-12)15-5-4-13(11(2)17)10-14(15)16/h4-5,10-12H,3,6-9,17H2,1-2H3/t11-/m0/s1. The summed E-state index contributed by atoms with van der Waals surface area (Å²) in [4.78, 5) is 2.16. The SMILES string of the molecule is CCC1CCN(c2ccc([C@H](C)N)cc2F)CC1. The van der Waals surface area contributed by atoms with Gasteiger partial charge in [-0.05, 0) is 43.4 Å². The van der Waals surface area contributed by atoms with E-state index in [1.165, 1.54) is 19.3 Å². The smallest absolute Gasteiger partial charge is 0.146 e. The van der Waals surface area contributed by atoms with E-state index in [4.69, 9.17) is 5.73 Å². The molecule has 2 N–H and O–H groups in total. The highest BCUT2D eigenvalue weighted by Gasteiger charge is 2.20. The highest BCUT2D eigenvalue weighted by molar-refractivity contribution is 5.49. The lowest BCUT2D eigenvalue weighted by atomic mass is 9.94. The van der Waals surface area contributed by atoms with Gasteiger partial charge in [0.25, 0.3) is 0 Å². The molecule has 1 aliphatic rings. The van der Waals surface area contributed by atoms with E-state index in [0.29, 0.717) is 0 Å². The van der Waals surface area contributed by atoms with Crippen LogP contribution in [0.3, 0.4) is 0 Å². The third-order valence-electron chi connectivity index (χ3n) is 4.03. The molecule has 0 saturated carbocycles. The molecule has 0 radical (unpaired) electrons. The lowest BCUT2D eigenvalue weighted by Crippen LogP contribution is -2.34. The van der Waals surface area contributed by atoms with Gasteiger partial charge in [-0.3, -0.25) is 0 Å². The first-order valence-corrected chi connectivity index (χ1v) is 6.91. The van der Waals surface area contributed by atoms with Crippen molar-refractivity contribution in [3.63, 3.8) is 0 Å². The molecule has 0 aliphatic carbocycles. The summed E-state index contributed by atoms with van der Waals surface area (Å²) in [6, 6.07) is 5.28. The van der Waals surface area contributed by atoms with Gasteiger partial charge in [0, 0.05) is 19.1 Å².